The summed E-state index contributed by atoms with van der Waals surface area (Å²) in [5.41, 5.74) is 4.06. The lowest BCUT2D eigenvalue weighted by molar-refractivity contribution is -0.118. The van der Waals surface area contributed by atoms with Crippen molar-refractivity contribution in [1.82, 2.24) is 4.57 Å². The lowest BCUT2D eigenvalue weighted by Gasteiger charge is -2.16. The van der Waals surface area contributed by atoms with Crippen LogP contribution in [-0.2, 0) is 11.4 Å². The van der Waals surface area contributed by atoms with Gasteiger partial charge in [-0.2, -0.15) is 0 Å². The van der Waals surface area contributed by atoms with E-state index in [1.165, 1.54) is 0 Å². The molecule has 0 aliphatic rings. The molecule has 29 heavy (non-hydrogen) atoms. The summed E-state index contributed by atoms with van der Waals surface area (Å²) in [4.78, 5) is 12.8. The number of hydrogen-bond donors (Lipinski definition) is 1. The van der Waals surface area contributed by atoms with Crippen molar-refractivity contribution >= 4 is 22.5 Å². The molecule has 0 aliphatic carbocycles. The fraction of sp³-hybridized carbons (Fsp3) is 0.160. The summed E-state index contributed by atoms with van der Waals surface area (Å²) in [5.74, 6) is 0.762. The maximum Gasteiger partial charge on any atom is 0.247 e. The smallest absolute Gasteiger partial charge is 0.247 e. The van der Waals surface area contributed by atoms with Gasteiger partial charge in [0, 0.05) is 17.3 Å². The first-order chi connectivity index (χ1) is 14.1. The fourth-order valence-electron chi connectivity index (χ4n) is 3.37. The van der Waals surface area contributed by atoms with Crippen molar-refractivity contribution in [3.05, 3.63) is 96.2 Å². The summed E-state index contributed by atoms with van der Waals surface area (Å²) in [7, 11) is 0. The molecule has 1 amide bonds. The van der Waals surface area contributed by atoms with Gasteiger partial charge < -0.3 is 14.6 Å². The molecule has 4 aromatic rings. The number of hydrogen-bond acceptors (Lipinski definition) is 2. The number of benzene rings is 3. The fourth-order valence-corrected chi connectivity index (χ4v) is 3.37. The lowest BCUT2D eigenvalue weighted by atomic mass is 10.2. The molecule has 0 saturated heterocycles. The van der Waals surface area contributed by atoms with Crippen LogP contribution in [0.5, 0.6) is 5.75 Å². The molecule has 0 spiro atoms. The molecular weight excluding hydrogens is 360 g/mol. The first-order valence-corrected chi connectivity index (χ1v) is 9.75. The summed E-state index contributed by atoms with van der Waals surface area (Å²) in [6.45, 7) is 4.44. The number of aryl methyl sites for hydroxylation is 1. The minimum absolute atomic E-state index is 0.0537. The SMILES string of the molecule is Cc1ccc(NC(=O)C(C)n2ccc3c(OCc4ccccc4)cccc32)cc1. The predicted octanol–water partition coefficient (Wildman–Crippen LogP) is 5.73. The molecule has 0 aliphatic heterocycles. The Morgan fingerprint density at radius 3 is 2.48 bits per heavy atom. The highest BCUT2D eigenvalue weighted by molar-refractivity contribution is 5.95. The summed E-state index contributed by atoms with van der Waals surface area (Å²) in [5, 5.41) is 3.99. The Hall–Kier alpha value is -3.53. The van der Waals surface area contributed by atoms with Gasteiger partial charge in [0.1, 0.15) is 18.4 Å². The Morgan fingerprint density at radius 1 is 0.966 bits per heavy atom. The van der Waals surface area contributed by atoms with Crippen LogP contribution in [0.1, 0.15) is 24.1 Å². The Kier molecular flexibility index (Phi) is 5.34. The largest absolute Gasteiger partial charge is 0.488 e. The first kappa shape index (κ1) is 18.8. The summed E-state index contributed by atoms with van der Waals surface area (Å²) in [6.07, 6.45) is 1.94. The average molecular weight is 384 g/mol. The standard InChI is InChI=1S/C25H24N2O2/c1-18-11-13-21(14-12-18)26-25(28)19(2)27-16-15-22-23(27)9-6-10-24(22)29-17-20-7-4-3-5-8-20/h3-16,19H,17H2,1-2H3,(H,26,28). The van der Waals surface area contributed by atoms with E-state index in [1.807, 2.05) is 103 Å². The zero-order valence-corrected chi connectivity index (χ0v) is 16.6. The molecule has 4 heteroatoms. The molecule has 0 saturated carbocycles. The number of nitrogens with zero attached hydrogens (tertiary/aromatic N) is 1. The van der Waals surface area contributed by atoms with Gasteiger partial charge in [-0.3, -0.25) is 4.79 Å². The Bertz CT molecular complexity index is 1110. The highest BCUT2D eigenvalue weighted by Gasteiger charge is 2.18. The number of carbonyl (C=O) groups excluding carboxylic acids is 1. The van der Waals surface area contributed by atoms with Gasteiger partial charge in [0.05, 0.1) is 5.52 Å². The molecule has 3 aromatic carbocycles. The van der Waals surface area contributed by atoms with Gasteiger partial charge in [0.25, 0.3) is 0 Å². The van der Waals surface area contributed by atoms with Crippen LogP contribution in [-0.4, -0.2) is 10.5 Å². The van der Waals surface area contributed by atoms with Gasteiger partial charge in [0.2, 0.25) is 5.91 Å². The second-order valence-electron chi connectivity index (χ2n) is 7.22. The van der Waals surface area contributed by atoms with Gasteiger partial charge >= 0.3 is 0 Å². The molecule has 1 aromatic heterocycles. The molecule has 4 rings (SSSR count). The van der Waals surface area contributed by atoms with Gasteiger partial charge in [-0.1, -0.05) is 54.1 Å². The molecule has 4 nitrogen and oxygen atoms in total. The predicted molar refractivity (Wildman–Crippen MR) is 117 cm³/mol. The quantitative estimate of drug-likeness (QED) is 0.461. The van der Waals surface area contributed by atoms with Crippen LogP contribution in [0.4, 0.5) is 5.69 Å². The van der Waals surface area contributed by atoms with E-state index < -0.39 is 0 Å². The molecule has 0 bridgehead atoms. The first-order valence-electron chi connectivity index (χ1n) is 9.75. The van der Waals surface area contributed by atoms with E-state index in [2.05, 4.69) is 5.32 Å². The number of rotatable bonds is 6. The topological polar surface area (TPSA) is 43.3 Å². The third-order valence-corrected chi connectivity index (χ3v) is 5.08. The van der Waals surface area contributed by atoms with Gasteiger partial charge in [-0.05, 0) is 49.7 Å². The average Bonchev–Trinajstić information content (AvgIpc) is 3.19. The van der Waals surface area contributed by atoms with E-state index in [-0.39, 0.29) is 11.9 Å². The summed E-state index contributed by atoms with van der Waals surface area (Å²) in [6, 6.07) is 25.5. The zero-order valence-electron chi connectivity index (χ0n) is 16.6. The summed E-state index contributed by atoms with van der Waals surface area (Å²) >= 11 is 0. The molecule has 146 valence electrons. The normalized spacial score (nSPS) is 11.9. The van der Waals surface area contributed by atoms with Crippen molar-refractivity contribution in [3.8, 4) is 5.75 Å². The molecule has 0 radical (unpaired) electrons. The van der Waals surface area contributed by atoms with E-state index in [4.69, 9.17) is 4.74 Å². The van der Waals surface area contributed by atoms with Crippen molar-refractivity contribution in [2.24, 2.45) is 0 Å². The van der Waals surface area contributed by atoms with Crippen molar-refractivity contribution < 1.29 is 9.53 Å². The zero-order chi connectivity index (χ0) is 20.2. The maximum atomic E-state index is 12.8. The molecule has 0 fully saturated rings. The van der Waals surface area contributed by atoms with Crippen molar-refractivity contribution in [3.63, 3.8) is 0 Å². The molecule has 1 unspecified atom stereocenters. The number of aromatic nitrogens is 1. The van der Waals surface area contributed by atoms with Crippen LogP contribution < -0.4 is 10.1 Å². The van der Waals surface area contributed by atoms with E-state index >= 15 is 0 Å². The highest BCUT2D eigenvalue weighted by Crippen LogP contribution is 2.29. The van der Waals surface area contributed by atoms with E-state index in [9.17, 15) is 4.79 Å². The van der Waals surface area contributed by atoms with E-state index in [0.717, 1.165) is 33.5 Å². The van der Waals surface area contributed by atoms with Crippen LogP contribution in [0.2, 0.25) is 0 Å². The van der Waals surface area contributed by atoms with Crippen molar-refractivity contribution in [1.29, 1.82) is 0 Å². The number of amides is 1. The van der Waals surface area contributed by atoms with Crippen LogP contribution in [0, 0.1) is 6.92 Å². The molecular formula is C25H24N2O2. The Labute approximate surface area is 170 Å². The number of carbonyl (C=O) groups is 1. The minimum atomic E-state index is -0.349. The third-order valence-electron chi connectivity index (χ3n) is 5.08. The Morgan fingerprint density at radius 2 is 1.72 bits per heavy atom. The Balaban J connectivity index is 1.53. The second-order valence-corrected chi connectivity index (χ2v) is 7.22. The van der Waals surface area contributed by atoms with Crippen molar-refractivity contribution in [2.45, 2.75) is 26.5 Å². The monoisotopic (exact) mass is 384 g/mol. The highest BCUT2D eigenvalue weighted by atomic mass is 16.5. The summed E-state index contributed by atoms with van der Waals surface area (Å²) < 4.78 is 8.03. The van der Waals surface area contributed by atoms with E-state index in [1.54, 1.807) is 0 Å². The van der Waals surface area contributed by atoms with Gasteiger partial charge in [0.15, 0.2) is 0 Å². The van der Waals surface area contributed by atoms with E-state index in [0.29, 0.717) is 6.61 Å². The molecule has 1 heterocycles. The van der Waals surface area contributed by atoms with Crippen LogP contribution in [0.3, 0.4) is 0 Å². The minimum Gasteiger partial charge on any atom is -0.488 e. The number of ether oxygens (including phenoxy) is 1. The van der Waals surface area contributed by atoms with Crippen LogP contribution in [0.15, 0.2) is 85.1 Å². The maximum absolute atomic E-state index is 12.8. The third kappa shape index (κ3) is 4.16. The number of anilines is 1. The van der Waals surface area contributed by atoms with Crippen LogP contribution in [0.25, 0.3) is 10.9 Å². The number of nitrogens with one attached hydrogen (secondary N) is 1. The van der Waals surface area contributed by atoms with Gasteiger partial charge in [-0.25, -0.2) is 0 Å². The van der Waals surface area contributed by atoms with Crippen molar-refractivity contribution in [2.75, 3.05) is 5.32 Å². The molecule has 1 atom stereocenters. The second kappa shape index (κ2) is 8.23. The lowest BCUT2D eigenvalue weighted by Crippen LogP contribution is -2.23. The van der Waals surface area contributed by atoms with Crippen LogP contribution >= 0.6 is 0 Å². The molecule has 1 N–H and O–H groups in total. The number of fused-ring (bicyclic) bond motifs is 1. The van der Waals surface area contributed by atoms with Gasteiger partial charge in [-0.15, -0.1) is 0 Å².